The second-order valence-electron chi connectivity index (χ2n) is 2.56. The topological polar surface area (TPSA) is 46.5 Å². The smallest absolute Gasteiger partial charge is 0.131 e. The van der Waals surface area contributed by atoms with Crippen LogP contribution >= 0.6 is 0 Å². The third kappa shape index (κ3) is 2.53. The summed E-state index contributed by atoms with van der Waals surface area (Å²) in [6, 6.07) is 4.76. The van der Waals surface area contributed by atoms with Crippen LogP contribution in [-0.4, -0.2) is 18.5 Å². The van der Waals surface area contributed by atoms with Crippen LogP contribution in [0.1, 0.15) is 12.0 Å². The van der Waals surface area contributed by atoms with E-state index in [1.54, 1.807) is 12.1 Å². The molecular formula is C11H10O3. The molecule has 0 fully saturated rings. The molecule has 0 amide bonds. The summed E-state index contributed by atoms with van der Waals surface area (Å²) >= 11 is 0. The molecule has 0 saturated carbocycles. The number of methoxy groups -OCH3 is 1. The van der Waals surface area contributed by atoms with Crippen molar-refractivity contribution in [3.05, 3.63) is 23.8 Å². The lowest BCUT2D eigenvalue weighted by atomic mass is 10.2. The van der Waals surface area contributed by atoms with Crippen LogP contribution in [0.2, 0.25) is 0 Å². The summed E-state index contributed by atoms with van der Waals surface area (Å²) < 4.78 is 4.97. The van der Waals surface area contributed by atoms with Crippen molar-refractivity contribution in [2.24, 2.45) is 0 Å². The third-order valence-corrected chi connectivity index (χ3v) is 1.61. The van der Waals surface area contributed by atoms with E-state index in [1.807, 2.05) is 0 Å². The Balaban J connectivity index is 2.96. The third-order valence-electron chi connectivity index (χ3n) is 1.61. The minimum absolute atomic E-state index is 0.0872. The van der Waals surface area contributed by atoms with Gasteiger partial charge in [0.1, 0.15) is 17.8 Å². The Bertz CT molecular complexity index is 385. The van der Waals surface area contributed by atoms with Crippen molar-refractivity contribution >= 4 is 6.29 Å². The molecule has 0 aliphatic carbocycles. The van der Waals surface area contributed by atoms with Gasteiger partial charge in [0.25, 0.3) is 0 Å². The van der Waals surface area contributed by atoms with Crippen molar-refractivity contribution in [1.82, 2.24) is 0 Å². The second kappa shape index (κ2) is 4.93. The van der Waals surface area contributed by atoms with E-state index >= 15 is 0 Å². The van der Waals surface area contributed by atoms with Crippen molar-refractivity contribution in [3.8, 4) is 23.3 Å². The monoisotopic (exact) mass is 190 g/mol. The van der Waals surface area contributed by atoms with Crippen molar-refractivity contribution in [2.45, 2.75) is 6.42 Å². The van der Waals surface area contributed by atoms with E-state index in [2.05, 4.69) is 11.8 Å². The number of hydrogen-bond donors (Lipinski definition) is 1. The van der Waals surface area contributed by atoms with E-state index in [1.165, 1.54) is 13.2 Å². The van der Waals surface area contributed by atoms with Gasteiger partial charge in [0, 0.05) is 0 Å². The van der Waals surface area contributed by atoms with Crippen LogP contribution in [0.5, 0.6) is 11.5 Å². The first kappa shape index (κ1) is 10.1. The Hall–Kier alpha value is -1.95. The van der Waals surface area contributed by atoms with Gasteiger partial charge in [-0.15, -0.1) is 0 Å². The van der Waals surface area contributed by atoms with Crippen LogP contribution < -0.4 is 4.74 Å². The van der Waals surface area contributed by atoms with Crippen LogP contribution in [0.15, 0.2) is 18.2 Å². The molecule has 14 heavy (non-hydrogen) atoms. The molecule has 1 rings (SSSR count). The van der Waals surface area contributed by atoms with E-state index in [0.717, 1.165) is 0 Å². The predicted octanol–water partition coefficient (Wildman–Crippen LogP) is 1.34. The number of phenolic OH excluding ortho intramolecular Hbond substituents is 1. The SMILES string of the molecule is COc1ccc(O)c(C#CCC=O)c1. The number of aromatic hydroxyl groups is 1. The number of aldehydes is 1. The summed E-state index contributed by atoms with van der Waals surface area (Å²) in [7, 11) is 1.54. The fraction of sp³-hybridized carbons (Fsp3) is 0.182. The van der Waals surface area contributed by atoms with Gasteiger partial charge in [0.05, 0.1) is 19.1 Å². The zero-order valence-electron chi connectivity index (χ0n) is 7.78. The second-order valence-corrected chi connectivity index (χ2v) is 2.56. The molecule has 0 bridgehead atoms. The molecule has 3 nitrogen and oxygen atoms in total. The molecule has 0 unspecified atom stereocenters. The predicted molar refractivity (Wildman–Crippen MR) is 52.2 cm³/mol. The fourth-order valence-corrected chi connectivity index (χ4v) is 0.930. The van der Waals surface area contributed by atoms with Crippen LogP contribution in [0, 0.1) is 11.8 Å². The molecule has 0 saturated heterocycles. The van der Waals surface area contributed by atoms with Crippen LogP contribution in [0.3, 0.4) is 0 Å². The minimum atomic E-state index is 0.0872. The fourth-order valence-electron chi connectivity index (χ4n) is 0.930. The Morgan fingerprint density at radius 1 is 1.57 bits per heavy atom. The summed E-state index contributed by atoms with van der Waals surface area (Å²) in [5.41, 5.74) is 0.464. The average Bonchev–Trinajstić information content (AvgIpc) is 2.21. The molecule has 1 aromatic rings. The lowest BCUT2D eigenvalue weighted by Gasteiger charge is -2.01. The van der Waals surface area contributed by atoms with Crippen LogP contribution in [0.4, 0.5) is 0 Å². The summed E-state index contributed by atoms with van der Waals surface area (Å²) in [5.74, 6) is 6.00. The summed E-state index contributed by atoms with van der Waals surface area (Å²) in [5, 5.41) is 9.38. The van der Waals surface area contributed by atoms with E-state index in [4.69, 9.17) is 4.74 Å². The lowest BCUT2D eigenvalue weighted by molar-refractivity contribution is -0.107. The van der Waals surface area contributed by atoms with E-state index in [0.29, 0.717) is 17.6 Å². The van der Waals surface area contributed by atoms with Crippen molar-refractivity contribution in [3.63, 3.8) is 0 Å². The molecule has 0 aliphatic heterocycles. The molecule has 72 valence electrons. The van der Waals surface area contributed by atoms with E-state index in [-0.39, 0.29) is 12.2 Å². The quantitative estimate of drug-likeness (QED) is 0.565. The number of carbonyl (C=O) groups is 1. The van der Waals surface area contributed by atoms with Gasteiger partial charge in [-0.25, -0.2) is 0 Å². The maximum atomic E-state index is 10.0. The lowest BCUT2D eigenvalue weighted by Crippen LogP contribution is -1.84. The number of benzene rings is 1. The largest absolute Gasteiger partial charge is 0.507 e. The number of carbonyl (C=O) groups excluding carboxylic acids is 1. The number of rotatable bonds is 2. The van der Waals surface area contributed by atoms with Gasteiger partial charge in [-0.3, -0.25) is 0 Å². The van der Waals surface area contributed by atoms with Crippen molar-refractivity contribution in [1.29, 1.82) is 0 Å². The number of hydrogen-bond acceptors (Lipinski definition) is 3. The van der Waals surface area contributed by atoms with Crippen LogP contribution in [0.25, 0.3) is 0 Å². The zero-order chi connectivity index (χ0) is 10.4. The highest BCUT2D eigenvalue weighted by Gasteiger charge is 1.99. The molecular weight excluding hydrogens is 180 g/mol. The van der Waals surface area contributed by atoms with Gasteiger partial charge in [0.2, 0.25) is 0 Å². The summed E-state index contributed by atoms with van der Waals surface area (Å²) in [6.07, 6.45) is 0.876. The van der Waals surface area contributed by atoms with E-state index in [9.17, 15) is 9.90 Å². The van der Waals surface area contributed by atoms with Crippen LogP contribution in [-0.2, 0) is 4.79 Å². The Kier molecular flexibility index (Phi) is 3.57. The highest BCUT2D eigenvalue weighted by atomic mass is 16.5. The Labute approximate surface area is 82.3 Å². The zero-order valence-corrected chi connectivity index (χ0v) is 7.78. The maximum Gasteiger partial charge on any atom is 0.131 e. The molecule has 0 radical (unpaired) electrons. The highest BCUT2D eigenvalue weighted by molar-refractivity contribution is 5.56. The van der Waals surface area contributed by atoms with Gasteiger partial charge in [-0.1, -0.05) is 11.8 Å². The van der Waals surface area contributed by atoms with Gasteiger partial charge in [-0.2, -0.15) is 0 Å². The molecule has 0 spiro atoms. The van der Waals surface area contributed by atoms with Crippen molar-refractivity contribution in [2.75, 3.05) is 7.11 Å². The number of phenols is 1. The van der Waals surface area contributed by atoms with Gasteiger partial charge < -0.3 is 14.6 Å². The minimum Gasteiger partial charge on any atom is -0.507 e. The van der Waals surface area contributed by atoms with Gasteiger partial charge in [0.15, 0.2) is 0 Å². The van der Waals surface area contributed by atoms with Gasteiger partial charge >= 0.3 is 0 Å². The standard InChI is InChI=1S/C11H10O3/c1-14-10-5-6-11(13)9(8-10)4-2-3-7-12/h5-8,13H,3H2,1H3. The molecule has 3 heteroatoms. The first-order chi connectivity index (χ1) is 6.77. The molecule has 0 aromatic heterocycles. The van der Waals surface area contributed by atoms with Crippen molar-refractivity contribution < 1.29 is 14.6 Å². The van der Waals surface area contributed by atoms with E-state index < -0.39 is 0 Å². The Morgan fingerprint density at radius 2 is 2.36 bits per heavy atom. The number of ether oxygens (including phenoxy) is 1. The normalized spacial score (nSPS) is 8.64. The first-order valence-corrected chi connectivity index (χ1v) is 4.07. The molecule has 1 aromatic carbocycles. The average molecular weight is 190 g/mol. The summed E-state index contributed by atoms with van der Waals surface area (Å²) in [6.45, 7) is 0. The highest BCUT2D eigenvalue weighted by Crippen LogP contribution is 2.21. The molecule has 1 N–H and O–H groups in total. The molecule has 0 atom stereocenters. The summed E-state index contributed by atoms with van der Waals surface area (Å²) in [4.78, 5) is 10.0. The van der Waals surface area contributed by atoms with Gasteiger partial charge in [-0.05, 0) is 18.2 Å². The molecule has 0 heterocycles. The maximum absolute atomic E-state index is 10.0. The first-order valence-electron chi connectivity index (χ1n) is 4.07. The Morgan fingerprint density at radius 3 is 3.00 bits per heavy atom. The molecule has 0 aliphatic rings.